The predicted octanol–water partition coefficient (Wildman–Crippen LogP) is 3.81. The fraction of sp³-hybridized carbons (Fsp3) is 0.353. The number of hydrogen-bond donors (Lipinski definition) is 1. The molecule has 5 nitrogen and oxygen atoms in total. The highest BCUT2D eigenvalue weighted by molar-refractivity contribution is 7.91. The van der Waals surface area contributed by atoms with Crippen molar-refractivity contribution < 1.29 is 13.2 Å². The van der Waals surface area contributed by atoms with Crippen molar-refractivity contribution >= 4 is 44.6 Å². The monoisotopic (exact) mass is 398 g/mol. The van der Waals surface area contributed by atoms with Crippen molar-refractivity contribution in [2.75, 3.05) is 11.9 Å². The standard InChI is InChI=1S/C17H19ClN2O3S2/c1-11-5-6-13(12(2)10-11)19-17(21)14-4-3-9-20(14)25(22,23)16-8-7-15(18)24-16/h5-8,10,14H,3-4,9H2,1-2H3,(H,19,21). The van der Waals surface area contributed by atoms with Crippen LogP contribution >= 0.6 is 22.9 Å². The molecule has 3 rings (SSSR count). The van der Waals surface area contributed by atoms with E-state index < -0.39 is 16.1 Å². The zero-order valence-electron chi connectivity index (χ0n) is 14.0. The van der Waals surface area contributed by atoms with Gasteiger partial charge in [0.05, 0.1) is 4.34 Å². The molecule has 1 aliphatic rings. The molecule has 2 aromatic rings. The third-order valence-corrected chi connectivity index (χ3v) is 7.86. The van der Waals surface area contributed by atoms with Gasteiger partial charge in [-0.1, -0.05) is 29.3 Å². The summed E-state index contributed by atoms with van der Waals surface area (Å²) in [6.45, 7) is 4.23. The number of hydrogen-bond acceptors (Lipinski definition) is 4. The van der Waals surface area contributed by atoms with Crippen LogP contribution in [0.25, 0.3) is 0 Å². The van der Waals surface area contributed by atoms with Crippen LogP contribution in [0.5, 0.6) is 0 Å². The number of benzene rings is 1. The molecule has 25 heavy (non-hydrogen) atoms. The molecule has 1 aliphatic heterocycles. The highest BCUT2D eigenvalue weighted by Gasteiger charge is 2.40. The topological polar surface area (TPSA) is 66.5 Å². The van der Waals surface area contributed by atoms with Crippen LogP contribution < -0.4 is 5.32 Å². The number of carbonyl (C=O) groups excluding carboxylic acids is 1. The average Bonchev–Trinajstić information content (AvgIpc) is 3.19. The third kappa shape index (κ3) is 3.74. The minimum atomic E-state index is -3.71. The summed E-state index contributed by atoms with van der Waals surface area (Å²) in [5.74, 6) is -0.296. The fourth-order valence-electron chi connectivity index (χ4n) is 3.01. The summed E-state index contributed by atoms with van der Waals surface area (Å²) in [7, 11) is -3.71. The second-order valence-corrected chi connectivity index (χ2v) is 9.97. The maximum absolute atomic E-state index is 12.8. The van der Waals surface area contributed by atoms with Crippen molar-refractivity contribution in [2.24, 2.45) is 0 Å². The number of nitrogens with one attached hydrogen (secondary N) is 1. The molecular formula is C17H19ClN2O3S2. The lowest BCUT2D eigenvalue weighted by Gasteiger charge is -2.23. The van der Waals surface area contributed by atoms with Crippen molar-refractivity contribution in [2.45, 2.75) is 36.9 Å². The molecule has 2 heterocycles. The van der Waals surface area contributed by atoms with Crippen LogP contribution in [0.4, 0.5) is 5.69 Å². The van der Waals surface area contributed by atoms with Crippen molar-refractivity contribution in [1.29, 1.82) is 0 Å². The lowest BCUT2D eigenvalue weighted by Crippen LogP contribution is -2.42. The van der Waals surface area contributed by atoms with Crippen LogP contribution in [0.2, 0.25) is 4.34 Å². The van der Waals surface area contributed by atoms with Crippen molar-refractivity contribution in [3.63, 3.8) is 0 Å². The molecule has 1 N–H and O–H groups in total. The second kappa shape index (κ2) is 7.07. The van der Waals surface area contributed by atoms with E-state index >= 15 is 0 Å². The third-order valence-electron chi connectivity index (χ3n) is 4.26. The Labute approximate surface area is 156 Å². The summed E-state index contributed by atoms with van der Waals surface area (Å²) in [4.78, 5) is 12.7. The van der Waals surface area contributed by atoms with E-state index in [2.05, 4.69) is 5.32 Å². The van der Waals surface area contributed by atoms with Crippen LogP contribution in [0.15, 0.2) is 34.5 Å². The van der Waals surface area contributed by atoms with Gasteiger partial charge in [-0.3, -0.25) is 4.79 Å². The van der Waals surface area contributed by atoms with Gasteiger partial charge in [0, 0.05) is 12.2 Å². The number of sulfonamides is 1. The Morgan fingerprint density at radius 2 is 2.04 bits per heavy atom. The molecule has 134 valence electrons. The summed E-state index contributed by atoms with van der Waals surface area (Å²) in [6, 6.07) is 8.08. The SMILES string of the molecule is Cc1ccc(NC(=O)C2CCCN2S(=O)(=O)c2ccc(Cl)s2)c(C)c1. The van der Waals surface area contributed by atoms with E-state index in [0.717, 1.165) is 22.5 Å². The Kier molecular flexibility index (Phi) is 5.20. The van der Waals surface area contributed by atoms with Gasteiger partial charge in [0.15, 0.2) is 0 Å². The van der Waals surface area contributed by atoms with Crippen molar-refractivity contribution in [3.8, 4) is 0 Å². The summed E-state index contributed by atoms with van der Waals surface area (Å²) >= 11 is 6.87. The molecule has 0 aliphatic carbocycles. The molecule has 8 heteroatoms. The highest BCUT2D eigenvalue weighted by atomic mass is 35.5. The van der Waals surface area contributed by atoms with Gasteiger partial charge in [-0.15, -0.1) is 11.3 Å². The van der Waals surface area contributed by atoms with Crippen LogP contribution in [0, 0.1) is 13.8 Å². The number of halogens is 1. The highest BCUT2D eigenvalue weighted by Crippen LogP contribution is 2.32. The smallest absolute Gasteiger partial charge is 0.253 e. The molecule has 1 aromatic carbocycles. The summed E-state index contributed by atoms with van der Waals surface area (Å²) in [5, 5.41) is 2.87. The van der Waals surface area contributed by atoms with E-state index in [1.807, 2.05) is 32.0 Å². The van der Waals surface area contributed by atoms with Crippen molar-refractivity contribution in [3.05, 3.63) is 45.8 Å². The van der Waals surface area contributed by atoms with Crippen LogP contribution in [0.3, 0.4) is 0 Å². The molecule has 1 amide bonds. The second-order valence-electron chi connectivity index (χ2n) is 6.14. The Morgan fingerprint density at radius 3 is 2.68 bits per heavy atom. The molecule has 1 fully saturated rings. The van der Waals surface area contributed by atoms with Gasteiger partial charge in [0.2, 0.25) is 5.91 Å². The number of anilines is 1. The molecule has 0 radical (unpaired) electrons. The van der Waals surface area contributed by atoms with Gasteiger partial charge in [0.25, 0.3) is 10.0 Å². The first-order valence-electron chi connectivity index (χ1n) is 7.94. The largest absolute Gasteiger partial charge is 0.324 e. The van der Waals surface area contributed by atoms with E-state index in [-0.39, 0.29) is 10.1 Å². The molecule has 1 aromatic heterocycles. The maximum Gasteiger partial charge on any atom is 0.253 e. The Balaban J connectivity index is 1.82. The first-order chi connectivity index (χ1) is 11.8. The Morgan fingerprint density at radius 1 is 1.28 bits per heavy atom. The normalized spacial score (nSPS) is 18.4. The van der Waals surface area contributed by atoms with Gasteiger partial charge < -0.3 is 5.32 Å². The molecule has 1 saturated heterocycles. The number of aryl methyl sites for hydroxylation is 2. The summed E-state index contributed by atoms with van der Waals surface area (Å²) in [6.07, 6.45) is 1.17. The first kappa shape index (κ1) is 18.4. The quantitative estimate of drug-likeness (QED) is 0.851. The fourth-order valence-corrected chi connectivity index (χ4v) is 6.28. The Bertz CT molecular complexity index is 908. The number of carbonyl (C=O) groups is 1. The molecule has 1 unspecified atom stereocenters. The van der Waals surface area contributed by atoms with Gasteiger partial charge in [-0.2, -0.15) is 4.31 Å². The molecule has 0 spiro atoms. The maximum atomic E-state index is 12.8. The van der Waals surface area contributed by atoms with E-state index in [0.29, 0.717) is 29.4 Å². The van der Waals surface area contributed by atoms with Crippen molar-refractivity contribution in [1.82, 2.24) is 4.31 Å². The minimum absolute atomic E-state index is 0.170. The van der Waals surface area contributed by atoms with Crippen LogP contribution in [-0.4, -0.2) is 31.2 Å². The number of rotatable bonds is 4. The first-order valence-corrected chi connectivity index (χ1v) is 10.6. The van der Waals surface area contributed by atoms with Gasteiger partial charge in [0.1, 0.15) is 10.3 Å². The van der Waals surface area contributed by atoms with Gasteiger partial charge >= 0.3 is 0 Å². The predicted molar refractivity (Wildman–Crippen MR) is 101 cm³/mol. The number of amides is 1. The van der Waals surface area contributed by atoms with Crippen LogP contribution in [0.1, 0.15) is 24.0 Å². The van der Waals surface area contributed by atoms with E-state index in [1.54, 1.807) is 6.07 Å². The molecule has 0 bridgehead atoms. The van der Waals surface area contributed by atoms with E-state index in [9.17, 15) is 13.2 Å². The molecule has 0 saturated carbocycles. The summed E-state index contributed by atoms with van der Waals surface area (Å²) < 4.78 is 27.5. The van der Waals surface area contributed by atoms with E-state index in [4.69, 9.17) is 11.6 Å². The van der Waals surface area contributed by atoms with Gasteiger partial charge in [-0.25, -0.2) is 8.42 Å². The zero-order chi connectivity index (χ0) is 18.2. The van der Waals surface area contributed by atoms with E-state index in [1.165, 1.54) is 10.4 Å². The Hall–Kier alpha value is -1.41. The summed E-state index contributed by atoms with van der Waals surface area (Å²) in [5.41, 5.74) is 2.76. The minimum Gasteiger partial charge on any atom is -0.324 e. The average molecular weight is 399 g/mol. The van der Waals surface area contributed by atoms with Crippen LogP contribution in [-0.2, 0) is 14.8 Å². The lowest BCUT2D eigenvalue weighted by molar-refractivity contribution is -0.119. The molecule has 1 atom stereocenters. The number of nitrogens with zero attached hydrogens (tertiary/aromatic N) is 1. The van der Waals surface area contributed by atoms with Gasteiger partial charge in [-0.05, 0) is 50.5 Å². The molecular weight excluding hydrogens is 380 g/mol. The lowest BCUT2D eigenvalue weighted by atomic mass is 10.1. The zero-order valence-corrected chi connectivity index (χ0v) is 16.3. The number of thiophene rings is 1.